The van der Waals surface area contributed by atoms with Gasteiger partial charge < -0.3 is 20.6 Å². The highest BCUT2D eigenvalue weighted by Crippen LogP contribution is 2.33. The summed E-state index contributed by atoms with van der Waals surface area (Å²) in [6, 6.07) is 16.7. The second-order valence-electron chi connectivity index (χ2n) is 12.7. The molecule has 0 bridgehead atoms. The normalized spacial score (nSPS) is 12.4. The third-order valence-electron chi connectivity index (χ3n) is 8.72. The van der Waals surface area contributed by atoms with Crippen LogP contribution in [0.15, 0.2) is 72.8 Å². The van der Waals surface area contributed by atoms with Crippen LogP contribution >= 0.6 is 23.2 Å². The minimum absolute atomic E-state index is 0.191. The first-order valence-electron chi connectivity index (χ1n) is 17.1. The number of nitrogens with two attached hydrogens (primary N) is 1. The molecule has 57 heavy (non-hydrogen) atoms. The molecule has 0 saturated heterocycles. The number of halogens is 4. The average Bonchev–Trinajstić information content (AvgIpc) is 3.18. The number of aliphatic carboxylic acids is 1. The summed E-state index contributed by atoms with van der Waals surface area (Å²) in [7, 11) is 0. The molecule has 0 aliphatic heterocycles. The van der Waals surface area contributed by atoms with Gasteiger partial charge in [-0.25, -0.2) is 24.3 Å². The molecular weight excluding hydrogens is 783 g/mol. The zero-order valence-electron chi connectivity index (χ0n) is 31.3. The zero-order valence-corrected chi connectivity index (χ0v) is 32.8. The molecule has 4 atom stereocenters. The highest BCUT2D eigenvalue weighted by atomic mass is 35.5. The van der Waals surface area contributed by atoms with Crippen LogP contribution in [0.1, 0.15) is 56.8 Å². The monoisotopic (exact) mass is 823 g/mol. The molecule has 0 aliphatic rings. The van der Waals surface area contributed by atoms with Crippen molar-refractivity contribution in [2.24, 2.45) is 17.7 Å². The van der Waals surface area contributed by atoms with Crippen molar-refractivity contribution in [3.8, 4) is 0 Å². The Hall–Kier alpha value is -5.74. The van der Waals surface area contributed by atoms with E-state index in [4.69, 9.17) is 47.3 Å². The fourth-order valence-corrected chi connectivity index (χ4v) is 5.63. The van der Waals surface area contributed by atoms with Crippen molar-refractivity contribution in [1.82, 2.24) is 10.7 Å². The maximum Gasteiger partial charge on any atom is 0.309 e. The van der Waals surface area contributed by atoms with Gasteiger partial charge in [-0.2, -0.15) is 0 Å². The van der Waals surface area contributed by atoms with Crippen molar-refractivity contribution in [1.29, 1.82) is 0 Å². The number of benzene rings is 4. The summed E-state index contributed by atoms with van der Waals surface area (Å²) in [6.07, 6.45) is -1.50. The van der Waals surface area contributed by atoms with E-state index in [1.54, 1.807) is 38.1 Å². The zero-order chi connectivity index (χ0) is 43.0. The van der Waals surface area contributed by atoms with Gasteiger partial charge in [-0.05, 0) is 111 Å². The number of carboxylic acids is 1. The Morgan fingerprint density at radius 1 is 0.719 bits per heavy atom. The molecule has 0 aliphatic carbocycles. The van der Waals surface area contributed by atoms with E-state index in [0.717, 1.165) is 11.1 Å². The van der Waals surface area contributed by atoms with Crippen molar-refractivity contribution in [2.45, 2.75) is 52.7 Å². The fraction of sp³-hybridized carbons (Fsp3) is 0.268. The molecule has 0 spiro atoms. The number of nitrogens with zero attached hydrogens (tertiary/aromatic N) is 2. The molecular formula is C41H41Cl2F2N5O7. The molecule has 0 radical (unpaired) electrons. The van der Waals surface area contributed by atoms with Gasteiger partial charge in [0.2, 0.25) is 17.3 Å². The number of rotatable bonds is 12. The van der Waals surface area contributed by atoms with E-state index in [-0.39, 0.29) is 36.6 Å². The molecule has 4 rings (SSSR count). The molecule has 7 N–H and O–H groups in total. The predicted molar refractivity (Wildman–Crippen MR) is 212 cm³/mol. The minimum atomic E-state index is -1.05. The molecule has 1 unspecified atom stereocenters. The number of Topliss-reactive ketones (excluding diaryl/α,β-unsaturated/α-hetero) is 1. The lowest BCUT2D eigenvalue weighted by Crippen LogP contribution is -2.40. The third kappa shape index (κ3) is 14.1. The summed E-state index contributed by atoms with van der Waals surface area (Å²) in [5, 5.41) is 31.7. The van der Waals surface area contributed by atoms with Crippen LogP contribution in [0, 0.1) is 50.5 Å². The Morgan fingerprint density at radius 3 is 1.49 bits per heavy atom. The minimum Gasteiger partial charge on any atom is -0.481 e. The van der Waals surface area contributed by atoms with Crippen LogP contribution < -0.4 is 16.6 Å². The van der Waals surface area contributed by atoms with Gasteiger partial charge in [0, 0.05) is 11.1 Å². The van der Waals surface area contributed by atoms with Gasteiger partial charge in [0.1, 0.15) is 11.6 Å². The molecule has 12 nitrogen and oxygen atoms in total. The van der Waals surface area contributed by atoms with Crippen LogP contribution in [0.2, 0.25) is 10.0 Å². The molecule has 0 heterocycles. The lowest BCUT2D eigenvalue weighted by Gasteiger charge is -2.21. The van der Waals surface area contributed by atoms with E-state index in [2.05, 4.69) is 15.0 Å². The highest BCUT2D eigenvalue weighted by Gasteiger charge is 2.26. The second-order valence-corrected chi connectivity index (χ2v) is 13.4. The first-order valence-corrected chi connectivity index (χ1v) is 17.8. The van der Waals surface area contributed by atoms with Crippen LogP contribution in [0.3, 0.4) is 0 Å². The predicted octanol–water partition coefficient (Wildman–Crippen LogP) is 7.13. The number of carbonyl (C=O) groups excluding carboxylic acids is 3. The van der Waals surface area contributed by atoms with Gasteiger partial charge in [-0.1, -0.05) is 47.5 Å². The number of ketones is 1. The topological polar surface area (TPSA) is 188 Å². The van der Waals surface area contributed by atoms with E-state index in [0.29, 0.717) is 38.1 Å². The van der Waals surface area contributed by atoms with E-state index >= 15 is 0 Å². The van der Waals surface area contributed by atoms with Gasteiger partial charge in [-0.3, -0.25) is 24.6 Å². The Kier molecular flexibility index (Phi) is 18.9. The summed E-state index contributed by atoms with van der Waals surface area (Å²) >= 11 is 12.2. The average molecular weight is 825 g/mol. The number of hydrazine groups is 1. The van der Waals surface area contributed by atoms with Crippen molar-refractivity contribution in [2.75, 3.05) is 6.54 Å². The highest BCUT2D eigenvalue weighted by molar-refractivity contribution is 6.34. The molecule has 16 heteroatoms. The molecule has 0 fully saturated rings. The third-order valence-corrected chi connectivity index (χ3v) is 9.68. The first-order chi connectivity index (χ1) is 26.9. The van der Waals surface area contributed by atoms with Crippen molar-refractivity contribution in [3.05, 3.63) is 151 Å². The number of carboxylic acid groups (broad SMARTS) is 1. The number of amides is 2. The Morgan fingerprint density at radius 2 is 1.12 bits per heavy atom. The second kappa shape index (κ2) is 22.7. The number of nitrogens with one attached hydrogen (secondary N) is 2. The fourth-order valence-electron chi connectivity index (χ4n) is 5.18. The lowest BCUT2D eigenvalue weighted by molar-refractivity contribution is -0.145. The molecule has 4 aromatic carbocycles. The number of aliphatic hydroxyl groups excluding tert-OH is 2. The maximum absolute atomic E-state index is 12.9. The van der Waals surface area contributed by atoms with Gasteiger partial charge in [0.15, 0.2) is 5.78 Å². The van der Waals surface area contributed by atoms with E-state index in [1.165, 1.54) is 62.4 Å². The number of hydrogen-bond donors (Lipinski definition) is 6. The van der Waals surface area contributed by atoms with Crippen LogP contribution in [0.5, 0.6) is 0 Å². The summed E-state index contributed by atoms with van der Waals surface area (Å²) in [5.74, 6) is 0.0369. The van der Waals surface area contributed by atoms with Crippen LogP contribution in [0.4, 0.5) is 20.2 Å². The van der Waals surface area contributed by atoms with E-state index < -0.39 is 47.6 Å². The number of carbonyl (C=O) groups is 4. The van der Waals surface area contributed by atoms with Gasteiger partial charge in [0.25, 0.3) is 5.91 Å². The van der Waals surface area contributed by atoms with E-state index in [9.17, 15) is 38.2 Å². The summed E-state index contributed by atoms with van der Waals surface area (Å²) in [5.41, 5.74) is 6.08. The molecule has 4 aromatic rings. The van der Waals surface area contributed by atoms with Crippen LogP contribution in [-0.4, -0.2) is 57.6 Å². The Labute approximate surface area is 338 Å². The van der Waals surface area contributed by atoms with Crippen LogP contribution in [-0.2, 0) is 22.4 Å². The van der Waals surface area contributed by atoms with Gasteiger partial charge in [-0.15, -0.1) is 0 Å². The van der Waals surface area contributed by atoms with Crippen LogP contribution in [0.25, 0.3) is 9.69 Å². The molecule has 0 saturated carbocycles. The molecule has 300 valence electrons. The summed E-state index contributed by atoms with van der Waals surface area (Å²) in [4.78, 5) is 53.1. The Bertz CT molecular complexity index is 2140. The number of hydrogen-bond acceptors (Lipinski definition) is 7. The largest absolute Gasteiger partial charge is 0.481 e. The molecule has 0 aromatic heterocycles. The van der Waals surface area contributed by atoms with Crippen molar-refractivity contribution in [3.63, 3.8) is 0 Å². The van der Waals surface area contributed by atoms with Gasteiger partial charge >= 0.3 is 5.97 Å². The summed E-state index contributed by atoms with van der Waals surface area (Å²) < 4.78 is 25.2. The Balaban J connectivity index is 0.000000329. The first kappa shape index (κ1) is 47.4. The summed E-state index contributed by atoms with van der Waals surface area (Å²) in [6.45, 7) is 20.2. The quantitative estimate of drug-likeness (QED) is 0.0286. The SMILES string of the molecule is NNC(=O)c1ccc(F)cc1.[C-]#[N+]c1ccc(CC(C(=O)O)[C@@H](C)O)c(C)c1Cl.[C-]#[N+]c1ccc(C[C@@H](C(=O)NCC(=O)c2ccc(F)cc2)[C@@H](C)O)c(C)c1Cl. The lowest BCUT2D eigenvalue weighted by atomic mass is 9.91. The maximum atomic E-state index is 12.9. The van der Waals surface area contributed by atoms with Crippen molar-refractivity contribution >= 4 is 58.1 Å². The van der Waals surface area contributed by atoms with Crippen molar-refractivity contribution < 1.29 is 43.3 Å². The molecule has 2 amide bonds. The standard InChI is InChI=1S/C21H20ClFN2O3.C13H14ClNO3.C7H7FN2O/c1-12-15(6-9-18(24-3)20(12)22)10-17(13(2)26)21(28)25-11-19(27)14-4-7-16(23)8-5-14;1-7-9(4-5-11(15-3)12(7)14)6-10(8(2)16)13(17)18;8-6-3-1-5(2-4-6)7(11)10-9/h4-9,13,17,26H,10-11H2,1-2H3,(H,25,28);4-5,8,10,16H,6H2,1-2H3,(H,17,18);1-4H,9H2,(H,10,11)/t13-,17-;8-,10?;/m11./s1. The van der Waals surface area contributed by atoms with E-state index in [1.807, 2.05) is 5.43 Å². The van der Waals surface area contributed by atoms with Gasteiger partial charge in [0.05, 0.1) is 53.8 Å². The number of nitrogen functional groups attached to an aromatic ring is 1. The number of aliphatic hydroxyl groups is 2. The smallest absolute Gasteiger partial charge is 0.309 e.